The average molecular weight is 230 g/mol. The first-order valence-electron chi connectivity index (χ1n) is 7.08. The second-order valence-electron chi connectivity index (χ2n) is 6.11. The van der Waals surface area contributed by atoms with E-state index < -0.39 is 0 Å². The molecule has 0 radical (unpaired) electrons. The Morgan fingerprint density at radius 3 is 2.00 bits per heavy atom. The zero-order chi connectivity index (χ0) is 12.6. The minimum atomic E-state index is 0.823. The van der Waals surface area contributed by atoms with E-state index in [1.54, 1.807) is 11.1 Å². The Bertz CT molecular complexity index is 407. The molecule has 2 rings (SSSR count). The maximum absolute atomic E-state index is 2.46. The number of benzene rings is 1. The summed E-state index contributed by atoms with van der Waals surface area (Å²) in [6.07, 6.45) is 5.61. The molecule has 1 aromatic carbocycles. The molecule has 1 saturated carbocycles. The summed E-state index contributed by atoms with van der Waals surface area (Å²) in [6, 6.07) is 2.46. The van der Waals surface area contributed by atoms with Crippen molar-refractivity contribution in [3.63, 3.8) is 0 Å². The summed E-state index contributed by atoms with van der Waals surface area (Å²) in [5, 5.41) is 0. The minimum Gasteiger partial charge on any atom is -0.0625 e. The van der Waals surface area contributed by atoms with Gasteiger partial charge >= 0.3 is 0 Å². The molecular weight excluding hydrogens is 204 g/mol. The van der Waals surface area contributed by atoms with Gasteiger partial charge in [-0.05, 0) is 80.2 Å². The Kier molecular flexibility index (Phi) is 3.61. The van der Waals surface area contributed by atoms with Gasteiger partial charge in [-0.1, -0.05) is 25.8 Å². The Labute approximate surface area is 106 Å². The molecule has 0 unspecified atom stereocenters. The van der Waals surface area contributed by atoms with Gasteiger partial charge in [0.25, 0.3) is 0 Å². The van der Waals surface area contributed by atoms with Crippen LogP contribution in [-0.4, -0.2) is 0 Å². The third-order valence-corrected chi connectivity index (χ3v) is 4.98. The maximum atomic E-state index is 2.46. The van der Waals surface area contributed by atoms with Crippen LogP contribution >= 0.6 is 0 Å². The predicted octanol–water partition coefficient (Wildman–Crippen LogP) is 5.21. The molecule has 0 N–H and O–H groups in total. The van der Waals surface area contributed by atoms with Crippen LogP contribution in [0.4, 0.5) is 0 Å². The van der Waals surface area contributed by atoms with E-state index in [1.165, 1.54) is 42.4 Å². The monoisotopic (exact) mass is 230 g/mol. The van der Waals surface area contributed by atoms with Crippen LogP contribution in [0, 0.1) is 33.6 Å². The number of hydrogen-bond donors (Lipinski definition) is 0. The van der Waals surface area contributed by atoms with Gasteiger partial charge in [0.15, 0.2) is 0 Å². The summed E-state index contributed by atoms with van der Waals surface area (Å²) < 4.78 is 0. The zero-order valence-corrected chi connectivity index (χ0v) is 12.1. The highest BCUT2D eigenvalue weighted by Gasteiger charge is 2.22. The van der Waals surface area contributed by atoms with Gasteiger partial charge in [-0.25, -0.2) is 0 Å². The van der Waals surface area contributed by atoms with Gasteiger partial charge < -0.3 is 0 Å². The minimum absolute atomic E-state index is 0.823. The molecule has 17 heavy (non-hydrogen) atoms. The summed E-state index contributed by atoms with van der Waals surface area (Å²) in [6.45, 7) is 11.5. The van der Waals surface area contributed by atoms with E-state index in [9.17, 15) is 0 Å². The topological polar surface area (TPSA) is 0 Å². The fourth-order valence-electron chi connectivity index (χ4n) is 3.24. The summed E-state index contributed by atoms with van der Waals surface area (Å²) in [4.78, 5) is 0. The van der Waals surface area contributed by atoms with Gasteiger partial charge in [-0.3, -0.25) is 0 Å². The summed E-state index contributed by atoms with van der Waals surface area (Å²) in [7, 11) is 0. The first-order chi connectivity index (χ1) is 8.00. The molecule has 0 bridgehead atoms. The van der Waals surface area contributed by atoms with Crippen molar-refractivity contribution in [2.45, 2.75) is 66.2 Å². The molecule has 1 aliphatic carbocycles. The highest BCUT2D eigenvalue weighted by atomic mass is 14.3. The summed E-state index contributed by atoms with van der Waals surface area (Å²) >= 11 is 0. The van der Waals surface area contributed by atoms with E-state index in [4.69, 9.17) is 0 Å². The normalized spacial score (nSPS) is 25.0. The Hall–Kier alpha value is -0.780. The Morgan fingerprint density at radius 1 is 0.824 bits per heavy atom. The van der Waals surface area contributed by atoms with Crippen LogP contribution in [0.1, 0.15) is 66.3 Å². The van der Waals surface area contributed by atoms with Crippen LogP contribution in [0.15, 0.2) is 6.07 Å². The highest BCUT2D eigenvalue weighted by molar-refractivity contribution is 5.45. The van der Waals surface area contributed by atoms with E-state index in [1.807, 2.05) is 0 Å². The molecule has 0 atom stereocenters. The quantitative estimate of drug-likeness (QED) is 0.621. The van der Waals surface area contributed by atoms with E-state index >= 15 is 0 Å². The second-order valence-corrected chi connectivity index (χ2v) is 6.11. The molecule has 0 saturated heterocycles. The molecule has 94 valence electrons. The van der Waals surface area contributed by atoms with E-state index in [-0.39, 0.29) is 0 Å². The molecule has 0 amide bonds. The first kappa shape index (κ1) is 12.7. The SMILES string of the molecule is Cc1cc(C2CCC(C)CC2)c(C)c(C)c1C. The number of hydrogen-bond acceptors (Lipinski definition) is 0. The van der Waals surface area contributed by atoms with Crippen molar-refractivity contribution in [3.8, 4) is 0 Å². The molecule has 0 spiro atoms. The smallest absolute Gasteiger partial charge is 0.0159 e. The van der Waals surface area contributed by atoms with Crippen molar-refractivity contribution in [1.29, 1.82) is 0 Å². The molecule has 0 heteroatoms. The lowest BCUT2D eigenvalue weighted by atomic mass is 9.76. The van der Waals surface area contributed by atoms with Crippen LogP contribution in [0.5, 0.6) is 0 Å². The van der Waals surface area contributed by atoms with Crippen LogP contribution in [0.3, 0.4) is 0 Å². The third-order valence-electron chi connectivity index (χ3n) is 4.98. The van der Waals surface area contributed by atoms with Crippen molar-refractivity contribution < 1.29 is 0 Å². The van der Waals surface area contributed by atoms with Crippen molar-refractivity contribution in [1.82, 2.24) is 0 Å². The molecule has 0 nitrogen and oxygen atoms in total. The molecule has 0 aromatic heterocycles. The van der Waals surface area contributed by atoms with E-state index in [0.29, 0.717) is 0 Å². The molecular formula is C17H26. The third kappa shape index (κ3) is 2.41. The van der Waals surface area contributed by atoms with Crippen molar-refractivity contribution in [2.24, 2.45) is 5.92 Å². The lowest BCUT2D eigenvalue weighted by molar-refractivity contribution is 0.347. The summed E-state index contributed by atoms with van der Waals surface area (Å²) in [5.41, 5.74) is 7.65. The highest BCUT2D eigenvalue weighted by Crippen LogP contribution is 2.38. The van der Waals surface area contributed by atoms with Crippen LogP contribution in [-0.2, 0) is 0 Å². The molecule has 1 aliphatic rings. The summed E-state index contributed by atoms with van der Waals surface area (Å²) in [5.74, 6) is 1.77. The van der Waals surface area contributed by atoms with E-state index in [0.717, 1.165) is 11.8 Å². The largest absolute Gasteiger partial charge is 0.0625 e. The molecule has 0 aliphatic heterocycles. The lowest BCUT2D eigenvalue weighted by Gasteiger charge is -2.29. The van der Waals surface area contributed by atoms with Gasteiger partial charge in [0, 0.05) is 0 Å². The van der Waals surface area contributed by atoms with Crippen LogP contribution in [0.2, 0.25) is 0 Å². The fraction of sp³-hybridized carbons (Fsp3) is 0.647. The van der Waals surface area contributed by atoms with Gasteiger partial charge in [0.2, 0.25) is 0 Å². The zero-order valence-electron chi connectivity index (χ0n) is 12.1. The van der Waals surface area contributed by atoms with Gasteiger partial charge in [-0.2, -0.15) is 0 Å². The number of rotatable bonds is 1. The van der Waals surface area contributed by atoms with Crippen molar-refractivity contribution >= 4 is 0 Å². The molecule has 1 aromatic rings. The average Bonchev–Trinajstić information content (AvgIpc) is 2.32. The van der Waals surface area contributed by atoms with Crippen LogP contribution < -0.4 is 0 Å². The van der Waals surface area contributed by atoms with E-state index in [2.05, 4.69) is 40.7 Å². The van der Waals surface area contributed by atoms with Gasteiger partial charge in [-0.15, -0.1) is 0 Å². The molecule has 1 fully saturated rings. The second kappa shape index (κ2) is 4.84. The fourth-order valence-corrected chi connectivity index (χ4v) is 3.24. The van der Waals surface area contributed by atoms with Gasteiger partial charge in [0.1, 0.15) is 0 Å². The Morgan fingerprint density at radius 2 is 1.41 bits per heavy atom. The van der Waals surface area contributed by atoms with Crippen molar-refractivity contribution in [2.75, 3.05) is 0 Å². The van der Waals surface area contributed by atoms with Gasteiger partial charge in [0.05, 0.1) is 0 Å². The number of aryl methyl sites for hydroxylation is 1. The predicted molar refractivity (Wildman–Crippen MR) is 75.8 cm³/mol. The maximum Gasteiger partial charge on any atom is -0.0159 e. The molecule has 0 heterocycles. The standard InChI is InChI=1S/C17H26/c1-11-6-8-16(9-7-11)17-10-12(2)13(3)14(4)15(17)5/h10-11,16H,6-9H2,1-5H3. The Balaban J connectivity index is 2.33. The first-order valence-corrected chi connectivity index (χ1v) is 7.08. The lowest BCUT2D eigenvalue weighted by Crippen LogP contribution is -2.13. The van der Waals surface area contributed by atoms with Crippen molar-refractivity contribution in [3.05, 3.63) is 33.9 Å². The van der Waals surface area contributed by atoms with Crippen LogP contribution in [0.25, 0.3) is 0 Å².